The van der Waals surface area contributed by atoms with E-state index in [1.807, 2.05) is 30.3 Å². The number of amides is 2. The summed E-state index contributed by atoms with van der Waals surface area (Å²) < 4.78 is 0. The number of phenols is 1. The summed E-state index contributed by atoms with van der Waals surface area (Å²) >= 11 is 5.97. The number of carbonyl (C=O) groups excluding carboxylic acids is 2. The fourth-order valence-corrected chi connectivity index (χ4v) is 3.69. The first kappa shape index (κ1) is 22.1. The molecule has 0 bridgehead atoms. The van der Waals surface area contributed by atoms with Crippen LogP contribution in [0.5, 0.6) is 5.75 Å². The second-order valence-corrected chi connectivity index (χ2v) is 7.97. The molecule has 0 unspecified atom stereocenters. The van der Waals surface area contributed by atoms with Crippen LogP contribution in [-0.4, -0.2) is 42.1 Å². The van der Waals surface area contributed by atoms with Crippen molar-refractivity contribution in [2.75, 3.05) is 18.4 Å². The van der Waals surface area contributed by atoms with Gasteiger partial charge in [-0.15, -0.1) is 0 Å². The van der Waals surface area contributed by atoms with Crippen molar-refractivity contribution in [2.24, 2.45) is 11.7 Å². The van der Waals surface area contributed by atoms with E-state index in [1.54, 1.807) is 0 Å². The van der Waals surface area contributed by atoms with E-state index < -0.39 is 11.9 Å². The molecule has 0 aromatic heterocycles. The summed E-state index contributed by atoms with van der Waals surface area (Å²) in [6.07, 6.45) is 1.67. The molecule has 0 radical (unpaired) electrons. The lowest BCUT2D eigenvalue weighted by molar-refractivity contribution is -0.127. The number of aryl methyl sites for hydroxylation is 1. The maximum atomic E-state index is 12.9. The SMILES string of the molecule is NC[C@@H]1CN[C@H](C(=O)N[C@H](CCc2ccccc2)C(=O)Nc2cc(Cl)ccc2O)C1. The Hall–Kier alpha value is -2.61. The molecule has 7 nitrogen and oxygen atoms in total. The highest BCUT2D eigenvalue weighted by molar-refractivity contribution is 6.31. The van der Waals surface area contributed by atoms with E-state index in [0.717, 1.165) is 5.56 Å². The van der Waals surface area contributed by atoms with Crippen LogP contribution in [-0.2, 0) is 16.0 Å². The number of nitrogens with one attached hydrogen (secondary N) is 3. The number of halogens is 1. The molecule has 1 heterocycles. The molecule has 0 aliphatic carbocycles. The second-order valence-electron chi connectivity index (χ2n) is 7.53. The van der Waals surface area contributed by atoms with Gasteiger partial charge >= 0.3 is 0 Å². The van der Waals surface area contributed by atoms with Gasteiger partial charge in [-0.3, -0.25) is 9.59 Å². The van der Waals surface area contributed by atoms with Crippen molar-refractivity contribution in [3.05, 3.63) is 59.1 Å². The van der Waals surface area contributed by atoms with E-state index in [2.05, 4.69) is 16.0 Å². The van der Waals surface area contributed by atoms with Crippen molar-refractivity contribution >= 4 is 29.1 Å². The van der Waals surface area contributed by atoms with Gasteiger partial charge in [0.05, 0.1) is 11.7 Å². The van der Waals surface area contributed by atoms with Gasteiger partial charge in [-0.25, -0.2) is 0 Å². The van der Waals surface area contributed by atoms with E-state index in [0.29, 0.717) is 37.4 Å². The minimum absolute atomic E-state index is 0.0934. The summed E-state index contributed by atoms with van der Waals surface area (Å²) in [5, 5.41) is 19.1. The lowest BCUT2D eigenvalue weighted by Gasteiger charge is -2.21. The zero-order valence-electron chi connectivity index (χ0n) is 16.6. The molecule has 1 aliphatic heterocycles. The topological polar surface area (TPSA) is 116 Å². The predicted molar refractivity (Wildman–Crippen MR) is 117 cm³/mol. The third kappa shape index (κ3) is 5.95. The molecular formula is C22H27ClN4O3. The first-order valence-electron chi connectivity index (χ1n) is 10.0. The Balaban J connectivity index is 1.70. The Morgan fingerprint density at radius 1 is 1.23 bits per heavy atom. The van der Waals surface area contributed by atoms with Crippen LogP contribution in [0.3, 0.4) is 0 Å². The first-order chi connectivity index (χ1) is 14.5. The largest absolute Gasteiger partial charge is 0.506 e. The normalized spacial score (nSPS) is 19.3. The van der Waals surface area contributed by atoms with Crippen LogP contribution in [0.1, 0.15) is 18.4 Å². The molecular weight excluding hydrogens is 404 g/mol. The first-order valence-corrected chi connectivity index (χ1v) is 10.4. The molecule has 2 aromatic carbocycles. The van der Waals surface area contributed by atoms with Gasteiger partial charge in [0.15, 0.2) is 0 Å². The van der Waals surface area contributed by atoms with Crippen molar-refractivity contribution in [1.82, 2.24) is 10.6 Å². The molecule has 0 saturated carbocycles. The Labute approximate surface area is 181 Å². The van der Waals surface area contributed by atoms with Crippen LogP contribution < -0.4 is 21.7 Å². The van der Waals surface area contributed by atoms with Gasteiger partial charge < -0.3 is 26.8 Å². The molecule has 3 rings (SSSR count). The van der Waals surface area contributed by atoms with Crippen LogP contribution >= 0.6 is 11.6 Å². The highest BCUT2D eigenvalue weighted by Gasteiger charge is 2.31. The molecule has 2 amide bonds. The van der Waals surface area contributed by atoms with Crippen molar-refractivity contribution in [3.8, 4) is 5.75 Å². The van der Waals surface area contributed by atoms with Crippen molar-refractivity contribution in [2.45, 2.75) is 31.3 Å². The molecule has 1 aliphatic rings. The number of nitrogens with two attached hydrogens (primary N) is 1. The number of aromatic hydroxyl groups is 1. The zero-order chi connectivity index (χ0) is 21.5. The van der Waals surface area contributed by atoms with Crippen molar-refractivity contribution < 1.29 is 14.7 Å². The van der Waals surface area contributed by atoms with Gasteiger partial charge in [0.2, 0.25) is 11.8 Å². The lowest BCUT2D eigenvalue weighted by Crippen LogP contribution is -2.50. The lowest BCUT2D eigenvalue weighted by atomic mass is 10.0. The zero-order valence-corrected chi connectivity index (χ0v) is 17.4. The minimum Gasteiger partial charge on any atom is -0.506 e. The molecule has 3 atom stereocenters. The van der Waals surface area contributed by atoms with Gasteiger partial charge in [0, 0.05) is 5.02 Å². The van der Waals surface area contributed by atoms with Crippen LogP contribution in [0.15, 0.2) is 48.5 Å². The Morgan fingerprint density at radius 2 is 2.00 bits per heavy atom. The molecule has 30 heavy (non-hydrogen) atoms. The van der Waals surface area contributed by atoms with E-state index in [9.17, 15) is 14.7 Å². The summed E-state index contributed by atoms with van der Waals surface area (Å²) in [4.78, 5) is 25.7. The van der Waals surface area contributed by atoms with Gasteiger partial charge in [0.1, 0.15) is 11.8 Å². The summed E-state index contributed by atoms with van der Waals surface area (Å²) in [7, 11) is 0. The third-order valence-electron chi connectivity index (χ3n) is 5.29. The molecule has 160 valence electrons. The average molecular weight is 431 g/mol. The molecule has 1 saturated heterocycles. The van der Waals surface area contributed by atoms with Crippen LogP contribution in [0.25, 0.3) is 0 Å². The van der Waals surface area contributed by atoms with E-state index in [4.69, 9.17) is 17.3 Å². The quantitative estimate of drug-likeness (QED) is 0.411. The fourth-order valence-electron chi connectivity index (χ4n) is 3.51. The number of phenolic OH excluding ortho intramolecular Hbond substituents is 1. The van der Waals surface area contributed by atoms with E-state index in [1.165, 1.54) is 18.2 Å². The second kappa shape index (κ2) is 10.4. The Kier molecular flexibility index (Phi) is 7.68. The number of anilines is 1. The van der Waals surface area contributed by atoms with Crippen LogP contribution in [0, 0.1) is 5.92 Å². The highest BCUT2D eigenvalue weighted by Crippen LogP contribution is 2.27. The standard InChI is InChI=1S/C22H27ClN4O3/c23-16-7-9-20(28)18(11-16)27-21(29)17(8-6-14-4-2-1-3-5-14)26-22(30)19-10-15(12-24)13-25-19/h1-5,7,9,11,15,17,19,25,28H,6,8,10,12-13,24H2,(H,26,30)(H,27,29)/t15-,17-,19+/m1/s1. The maximum Gasteiger partial charge on any atom is 0.247 e. The Morgan fingerprint density at radius 3 is 2.70 bits per heavy atom. The summed E-state index contributed by atoms with van der Waals surface area (Å²) in [5.41, 5.74) is 6.97. The van der Waals surface area contributed by atoms with E-state index >= 15 is 0 Å². The molecule has 8 heteroatoms. The molecule has 2 aromatic rings. The average Bonchev–Trinajstić information content (AvgIpc) is 3.24. The summed E-state index contributed by atoms with van der Waals surface area (Å²) in [6.45, 7) is 1.20. The minimum atomic E-state index is -0.769. The molecule has 0 spiro atoms. The number of carbonyl (C=O) groups is 2. The highest BCUT2D eigenvalue weighted by atomic mass is 35.5. The Bertz CT molecular complexity index is 878. The van der Waals surface area contributed by atoms with Crippen LogP contribution in [0.2, 0.25) is 5.02 Å². The monoisotopic (exact) mass is 430 g/mol. The smallest absolute Gasteiger partial charge is 0.247 e. The summed E-state index contributed by atoms with van der Waals surface area (Å²) in [5.74, 6) is -0.482. The number of hydrogen-bond acceptors (Lipinski definition) is 5. The van der Waals surface area contributed by atoms with E-state index in [-0.39, 0.29) is 29.3 Å². The summed E-state index contributed by atoms with van der Waals surface area (Å²) in [6, 6.07) is 13.0. The predicted octanol–water partition coefficient (Wildman–Crippen LogP) is 2.04. The van der Waals surface area contributed by atoms with Gasteiger partial charge in [-0.05, 0) is 62.0 Å². The van der Waals surface area contributed by atoms with Crippen molar-refractivity contribution in [3.63, 3.8) is 0 Å². The number of rotatable bonds is 8. The third-order valence-corrected chi connectivity index (χ3v) is 5.52. The van der Waals surface area contributed by atoms with Gasteiger partial charge in [-0.1, -0.05) is 41.9 Å². The van der Waals surface area contributed by atoms with Crippen molar-refractivity contribution in [1.29, 1.82) is 0 Å². The molecule has 1 fully saturated rings. The maximum absolute atomic E-state index is 12.9. The van der Waals surface area contributed by atoms with Gasteiger partial charge in [0.25, 0.3) is 0 Å². The van der Waals surface area contributed by atoms with Gasteiger partial charge in [-0.2, -0.15) is 0 Å². The van der Waals surface area contributed by atoms with Crippen LogP contribution in [0.4, 0.5) is 5.69 Å². The molecule has 6 N–H and O–H groups in total. The number of benzene rings is 2. The fraction of sp³-hybridized carbons (Fsp3) is 0.364. The number of hydrogen-bond donors (Lipinski definition) is 5.